The second kappa shape index (κ2) is 4.67. The Morgan fingerprint density at radius 3 is 3.00 bits per heavy atom. The van der Waals surface area contributed by atoms with Crippen LogP contribution in [0.4, 0.5) is 10.2 Å². The zero-order valence-electron chi connectivity index (χ0n) is 9.14. The maximum atomic E-state index is 13.0. The number of aliphatic hydroxyl groups is 1. The molecule has 6 heteroatoms. The van der Waals surface area contributed by atoms with Crippen molar-refractivity contribution in [3.63, 3.8) is 0 Å². The topological polar surface area (TPSA) is 73.7 Å². The number of nitrogens with zero attached hydrogens (tertiary/aromatic N) is 2. The smallest absolute Gasteiger partial charge is 0.339 e. The summed E-state index contributed by atoms with van der Waals surface area (Å²) in [5, 5.41) is 18.5. The normalized spacial score (nSPS) is 20.4. The van der Waals surface area contributed by atoms with Crippen molar-refractivity contribution >= 4 is 11.8 Å². The number of β-amino-alcohol motifs (C(OH)–C–C–N with tert-alkyl or cyclic N) is 1. The SMILES string of the molecule is O=C(O)c1cc(F)cnc1N1CCCC(O)C1. The van der Waals surface area contributed by atoms with Crippen LogP contribution in [0, 0.1) is 5.82 Å². The van der Waals surface area contributed by atoms with Crippen molar-refractivity contribution in [2.45, 2.75) is 18.9 Å². The molecular weight excluding hydrogens is 227 g/mol. The molecule has 1 saturated heterocycles. The lowest BCUT2D eigenvalue weighted by Gasteiger charge is -2.31. The van der Waals surface area contributed by atoms with E-state index in [-0.39, 0.29) is 11.4 Å². The minimum absolute atomic E-state index is 0.167. The molecule has 0 aliphatic carbocycles. The van der Waals surface area contributed by atoms with Crippen LogP contribution in [-0.2, 0) is 0 Å². The summed E-state index contributed by atoms with van der Waals surface area (Å²) in [6.45, 7) is 0.953. The molecule has 1 unspecified atom stereocenters. The molecule has 2 heterocycles. The number of rotatable bonds is 2. The van der Waals surface area contributed by atoms with E-state index in [9.17, 15) is 14.3 Å². The predicted molar refractivity (Wildman–Crippen MR) is 58.6 cm³/mol. The van der Waals surface area contributed by atoms with Crippen molar-refractivity contribution in [2.75, 3.05) is 18.0 Å². The molecule has 1 atom stereocenters. The minimum atomic E-state index is -1.22. The van der Waals surface area contributed by atoms with Gasteiger partial charge in [-0.2, -0.15) is 0 Å². The van der Waals surface area contributed by atoms with E-state index in [0.717, 1.165) is 18.7 Å². The number of hydrogen-bond acceptors (Lipinski definition) is 4. The van der Waals surface area contributed by atoms with Gasteiger partial charge in [-0.25, -0.2) is 14.2 Å². The molecule has 17 heavy (non-hydrogen) atoms. The third kappa shape index (κ3) is 2.52. The number of aromatic carboxylic acids is 1. The first kappa shape index (κ1) is 11.8. The van der Waals surface area contributed by atoms with E-state index in [1.807, 2.05) is 0 Å². The fraction of sp³-hybridized carbons (Fsp3) is 0.455. The van der Waals surface area contributed by atoms with Gasteiger partial charge in [0.15, 0.2) is 0 Å². The van der Waals surface area contributed by atoms with Crippen molar-refractivity contribution in [2.24, 2.45) is 0 Å². The van der Waals surface area contributed by atoms with Gasteiger partial charge in [0.1, 0.15) is 17.2 Å². The summed E-state index contributed by atoms with van der Waals surface area (Å²) >= 11 is 0. The fourth-order valence-corrected chi connectivity index (χ4v) is 1.99. The average molecular weight is 240 g/mol. The van der Waals surface area contributed by atoms with Gasteiger partial charge in [-0.1, -0.05) is 0 Å². The van der Waals surface area contributed by atoms with Crippen molar-refractivity contribution in [1.29, 1.82) is 0 Å². The summed E-state index contributed by atoms with van der Waals surface area (Å²) in [7, 11) is 0. The Hall–Kier alpha value is -1.69. The Kier molecular flexibility index (Phi) is 3.23. The number of carbonyl (C=O) groups is 1. The van der Waals surface area contributed by atoms with Gasteiger partial charge in [0, 0.05) is 13.1 Å². The summed E-state index contributed by atoms with van der Waals surface area (Å²) in [5.41, 5.74) is -0.167. The monoisotopic (exact) mass is 240 g/mol. The Balaban J connectivity index is 2.33. The van der Waals surface area contributed by atoms with Gasteiger partial charge in [0.25, 0.3) is 0 Å². The number of anilines is 1. The van der Waals surface area contributed by atoms with Crippen molar-refractivity contribution in [3.8, 4) is 0 Å². The van der Waals surface area contributed by atoms with Crippen LogP contribution < -0.4 is 4.90 Å². The Bertz CT molecular complexity index is 439. The minimum Gasteiger partial charge on any atom is -0.478 e. The molecule has 1 aromatic rings. The highest BCUT2D eigenvalue weighted by Crippen LogP contribution is 2.22. The molecule has 0 aromatic carbocycles. The number of hydrogen-bond donors (Lipinski definition) is 2. The summed E-state index contributed by atoms with van der Waals surface area (Å²) in [5.74, 6) is -1.67. The lowest BCUT2D eigenvalue weighted by molar-refractivity contribution is 0.0695. The molecule has 0 amide bonds. The summed E-state index contributed by atoms with van der Waals surface area (Å²) < 4.78 is 13.0. The number of carboxylic acid groups (broad SMARTS) is 1. The quantitative estimate of drug-likeness (QED) is 0.802. The van der Waals surface area contributed by atoms with Crippen LogP contribution in [0.25, 0.3) is 0 Å². The van der Waals surface area contributed by atoms with E-state index in [2.05, 4.69) is 4.98 Å². The molecule has 1 aromatic heterocycles. The maximum Gasteiger partial charge on any atom is 0.339 e. The number of piperidine rings is 1. The molecule has 0 bridgehead atoms. The molecule has 92 valence electrons. The molecule has 0 saturated carbocycles. The first-order valence-electron chi connectivity index (χ1n) is 5.40. The second-order valence-electron chi connectivity index (χ2n) is 4.07. The van der Waals surface area contributed by atoms with E-state index < -0.39 is 17.9 Å². The van der Waals surface area contributed by atoms with Crippen LogP contribution in [0.5, 0.6) is 0 Å². The standard InChI is InChI=1S/C11H13FN2O3/c12-7-4-9(11(16)17)10(13-5-7)14-3-1-2-8(15)6-14/h4-5,8,15H,1-3,6H2,(H,16,17). The fourth-order valence-electron chi connectivity index (χ4n) is 1.99. The molecule has 2 rings (SSSR count). The molecule has 5 nitrogen and oxygen atoms in total. The Morgan fingerprint density at radius 1 is 1.59 bits per heavy atom. The van der Waals surface area contributed by atoms with E-state index in [4.69, 9.17) is 5.11 Å². The first-order chi connectivity index (χ1) is 8.08. The van der Waals surface area contributed by atoms with Crippen molar-refractivity contribution < 1.29 is 19.4 Å². The van der Waals surface area contributed by atoms with Crippen LogP contribution in [0.1, 0.15) is 23.2 Å². The van der Waals surface area contributed by atoms with Crippen molar-refractivity contribution in [1.82, 2.24) is 4.98 Å². The number of aliphatic hydroxyl groups excluding tert-OH is 1. The van der Waals surface area contributed by atoms with Gasteiger partial charge < -0.3 is 15.1 Å². The molecule has 2 N–H and O–H groups in total. The molecule has 1 fully saturated rings. The van der Waals surface area contributed by atoms with Gasteiger partial charge in [-0.05, 0) is 18.9 Å². The third-order valence-electron chi connectivity index (χ3n) is 2.76. The number of pyridine rings is 1. The Labute approximate surface area is 97.5 Å². The van der Waals surface area contributed by atoms with E-state index >= 15 is 0 Å². The van der Waals surface area contributed by atoms with Crippen LogP contribution in [0.2, 0.25) is 0 Å². The highest BCUT2D eigenvalue weighted by atomic mass is 19.1. The number of halogens is 1. The van der Waals surface area contributed by atoms with Crippen LogP contribution >= 0.6 is 0 Å². The Morgan fingerprint density at radius 2 is 2.35 bits per heavy atom. The zero-order chi connectivity index (χ0) is 12.4. The zero-order valence-corrected chi connectivity index (χ0v) is 9.14. The maximum absolute atomic E-state index is 13.0. The summed E-state index contributed by atoms with van der Waals surface area (Å²) in [4.78, 5) is 16.5. The lowest BCUT2D eigenvalue weighted by atomic mass is 10.1. The molecule has 1 aliphatic heterocycles. The molecule has 1 aliphatic rings. The van der Waals surface area contributed by atoms with Gasteiger partial charge in [0.2, 0.25) is 0 Å². The highest BCUT2D eigenvalue weighted by molar-refractivity contribution is 5.93. The second-order valence-corrected chi connectivity index (χ2v) is 4.07. The van der Waals surface area contributed by atoms with E-state index in [1.165, 1.54) is 0 Å². The average Bonchev–Trinajstić information content (AvgIpc) is 2.28. The van der Waals surface area contributed by atoms with Gasteiger partial charge in [-0.15, -0.1) is 0 Å². The molecule has 0 spiro atoms. The third-order valence-corrected chi connectivity index (χ3v) is 2.76. The summed E-state index contributed by atoms with van der Waals surface area (Å²) in [6, 6.07) is 0.950. The molecular formula is C11H13FN2O3. The largest absolute Gasteiger partial charge is 0.478 e. The number of aromatic nitrogens is 1. The molecule has 0 radical (unpaired) electrons. The van der Waals surface area contributed by atoms with Gasteiger partial charge in [0.05, 0.1) is 12.3 Å². The van der Waals surface area contributed by atoms with Crippen molar-refractivity contribution in [3.05, 3.63) is 23.6 Å². The van der Waals surface area contributed by atoms with Gasteiger partial charge in [-0.3, -0.25) is 0 Å². The van der Waals surface area contributed by atoms with E-state index in [1.54, 1.807) is 4.90 Å². The van der Waals surface area contributed by atoms with E-state index in [0.29, 0.717) is 19.5 Å². The number of carboxylic acids is 1. The van der Waals surface area contributed by atoms with Gasteiger partial charge >= 0.3 is 5.97 Å². The predicted octanol–water partition coefficient (Wildman–Crippen LogP) is 0.880. The lowest BCUT2D eigenvalue weighted by Crippen LogP contribution is -2.39. The van der Waals surface area contributed by atoms with Crippen LogP contribution in [-0.4, -0.2) is 40.4 Å². The van der Waals surface area contributed by atoms with Crippen LogP contribution in [0.15, 0.2) is 12.3 Å². The summed E-state index contributed by atoms with van der Waals surface area (Å²) in [6.07, 6.45) is 1.96. The van der Waals surface area contributed by atoms with Crippen LogP contribution in [0.3, 0.4) is 0 Å². The highest BCUT2D eigenvalue weighted by Gasteiger charge is 2.23. The first-order valence-corrected chi connectivity index (χ1v) is 5.40.